The summed E-state index contributed by atoms with van der Waals surface area (Å²) >= 11 is 3.43. The highest BCUT2D eigenvalue weighted by atomic mass is 79.9. The Morgan fingerprint density at radius 2 is 2.00 bits per heavy atom. The highest BCUT2D eigenvalue weighted by Gasteiger charge is 2.16. The number of aromatic amines is 1. The van der Waals surface area contributed by atoms with Crippen LogP contribution < -0.4 is 5.32 Å². The first-order valence-electron chi connectivity index (χ1n) is 7.06. The first-order valence-corrected chi connectivity index (χ1v) is 7.85. The second-order valence-electron chi connectivity index (χ2n) is 5.17. The molecule has 1 heterocycles. The minimum atomic E-state index is 0.0253. The number of aromatic nitrogens is 2. The molecule has 1 aromatic carbocycles. The van der Waals surface area contributed by atoms with Crippen LogP contribution >= 0.6 is 15.9 Å². The highest BCUT2D eigenvalue weighted by Crippen LogP contribution is 2.20. The summed E-state index contributed by atoms with van der Waals surface area (Å²) < 4.78 is 1.04. The van der Waals surface area contributed by atoms with Crippen molar-refractivity contribution < 1.29 is 4.79 Å². The van der Waals surface area contributed by atoms with Gasteiger partial charge >= 0.3 is 0 Å². The predicted octanol–water partition coefficient (Wildman–Crippen LogP) is 3.60. The Morgan fingerprint density at radius 1 is 1.33 bits per heavy atom. The van der Waals surface area contributed by atoms with Crippen LogP contribution in [0.2, 0.25) is 0 Å². The number of hydrogen-bond acceptors (Lipinski definition) is 2. The number of hydrogen-bond donors (Lipinski definition) is 2. The normalized spacial score (nSPS) is 12.2. The Hall–Kier alpha value is -1.62. The molecule has 2 aromatic rings. The van der Waals surface area contributed by atoms with Crippen LogP contribution in [0, 0.1) is 13.8 Å². The number of nitrogens with one attached hydrogen (secondary N) is 2. The minimum absolute atomic E-state index is 0.0253. The topological polar surface area (TPSA) is 57.8 Å². The molecule has 0 aliphatic heterocycles. The number of carbonyl (C=O) groups is 1. The molecule has 0 fully saturated rings. The Bertz CT molecular complexity index is 599. The molecule has 1 amide bonds. The molecular weight excluding hydrogens is 330 g/mol. The average Bonchev–Trinajstić information content (AvgIpc) is 2.78. The van der Waals surface area contributed by atoms with Crippen molar-refractivity contribution in [2.75, 3.05) is 0 Å². The molecule has 5 heteroatoms. The molecule has 0 radical (unpaired) electrons. The molecule has 0 saturated carbocycles. The lowest BCUT2D eigenvalue weighted by atomic mass is 10.0. The van der Waals surface area contributed by atoms with E-state index in [4.69, 9.17) is 0 Å². The summed E-state index contributed by atoms with van der Waals surface area (Å²) in [5, 5.41) is 10.1. The lowest BCUT2D eigenvalue weighted by Gasteiger charge is -2.17. The van der Waals surface area contributed by atoms with Crippen molar-refractivity contribution in [3.8, 4) is 0 Å². The van der Waals surface area contributed by atoms with Gasteiger partial charge in [0.25, 0.3) is 0 Å². The van der Waals surface area contributed by atoms with Crippen molar-refractivity contribution >= 4 is 21.8 Å². The van der Waals surface area contributed by atoms with Gasteiger partial charge in [0.1, 0.15) is 0 Å². The first-order chi connectivity index (χ1) is 10.0. The molecule has 0 bridgehead atoms. The van der Waals surface area contributed by atoms with Gasteiger partial charge < -0.3 is 5.32 Å². The fourth-order valence-corrected chi connectivity index (χ4v) is 2.62. The summed E-state index contributed by atoms with van der Waals surface area (Å²) in [5.41, 5.74) is 3.95. The molecule has 0 spiro atoms. The molecule has 112 valence electrons. The van der Waals surface area contributed by atoms with Crippen molar-refractivity contribution in [2.24, 2.45) is 0 Å². The molecule has 2 N–H and O–H groups in total. The van der Waals surface area contributed by atoms with E-state index < -0.39 is 0 Å². The van der Waals surface area contributed by atoms with E-state index in [2.05, 4.69) is 38.4 Å². The molecule has 1 aromatic heterocycles. The summed E-state index contributed by atoms with van der Waals surface area (Å²) in [6.07, 6.45) is 1.22. The van der Waals surface area contributed by atoms with Crippen LogP contribution in [-0.4, -0.2) is 16.1 Å². The van der Waals surface area contributed by atoms with Crippen LogP contribution in [0.5, 0.6) is 0 Å². The molecule has 0 aliphatic carbocycles. The van der Waals surface area contributed by atoms with Gasteiger partial charge in [0.15, 0.2) is 0 Å². The second-order valence-corrected chi connectivity index (χ2v) is 6.08. The van der Waals surface area contributed by atoms with Crippen LogP contribution in [0.1, 0.15) is 41.9 Å². The molecule has 0 aliphatic rings. The summed E-state index contributed by atoms with van der Waals surface area (Å²) in [6, 6.07) is 8.10. The van der Waals surface area contributed by atoms with E-state index in [9.17, 15) is 4.79 Å². The van der Waals surface area contributed by atoms with E-state index in [-0.39, 0.29) is 11.9 Å². The number of aryl methyl sites for hydroxylation is 2. The third-order valence-corrected chi connectivity index (χ3v) is 4.16. The Kier molecular flexibility index (Phi) is 5.17. The van der Waals surface area contributed by atoms with Gasteiger partial charge in [-0.1, -0.05) is 35.0 Å². The molecule has 4 nitrogen and oxygen atoms in total. The molecule has 1 atom stereocenters. The molecular formula is C16H20BrN3O. The Labute approximate surface area is 133 Å². The van der Waals surface area contributed by atoms with Crippen molar-refractivity contribution in [2.45, 2.75) is 39.7 Å². The highest BCUT2D eigenvalue weighted by molar-refractivity contribution is 9.10. The summed E-state index contributed by atoms with van der Waals surface area (Å²) in [4.78, 5) is 12.3. The maximum atomic E-state index is 12.3. The van der Waals surface area contributed by atoms with Crippen LogP contribution in [0.15, 0.2) is 28.7 Å². The summed E-state index contributed by atoms with van der Waals surface area (Å²) in [5.74, 6) is 0.0253. The van der Waals surface area contributed by atoms with Crippen LogP contribution in [0.4, 0.5) is 0 Å². The van der Waals surface area contributed by atoms with Gasteiger partial charge in [-0.2, -0.15) is 5.10 Å². The van der Waals surface area contributed by atoms with Crippen molar-refractivity contribution in [1.82, 2.24) is 15.5 Å². The maximum Gasteiger partial charge on any atom is 0.225 e. The summed E-state index contributed by atoms with van der Waals surface area (Å²) in [7, 11) is 0. The number of amides is 1. The van der Waals surface area contributed by atoms with E-state index in [1.54, 1.807) is 0 Å². The first kappa shape index (κ1) is 15.8. The minimum Gasteiger partial charge on any atom is -0.349 e. The number of H-pyrrole nitrogens is 1. The van der Waals surface area contributed by atoms with Crippen LogP contribution in [0.3, 0.4) is 0 Å². The quantitative estimate of drug-likeness (QED) is 0.866. The van der Waals surface area contributed by atoms with E-state index in [1.165, 1.54) is 0 Å². The third-order valence-electron chi connectivity index (χ3n) is 3.63. The summed E-state index contributed by atoms with van der Waals surface area (Å²) in [6.45, 7) is 5.92. The third kappa shape index (κ3) is 3.94. The fraction of sp³-hybridized carbons (Fsp3) is 0.375. The number of carbonyl (C=O) groups excluding carboxylic acids is 1. The zero-order chi connectivity index (χ0) is 15.4. The van der Waals surface area contributed by atoms with Crippen molar-refractivity contribution in [3.63, 3.8) is 0 Å². The molecule has 0 saturated heterocycles. The van der Waals surface area contributed by atoms with Gasteiger partial charge in [-0.05, 0) is 38.0 Å². The van der Waals surface area contributed by atoms with Crippen molar-refractivity contribution in [3.05, 3.63) is 51.3 Å². The number of halogens is 1. The Morgan fingerprint density at radius 3 is 2.52 bits per heavy atom. The zero-order valence-electron chi connectivity index (χ0n) is 12.5. The van der Waals surface area contributed by atoms with Gasteiger partial charge in [-0.25, -0.2) is 0 Å². The monoisotopic (exact) mass is 349 g/mol. The van der Waals surface area contributed by atoms with E-state index >= 15 is 0 Å². The number of rotatable bonds is 5. The standard InChI is InChI=1S/C16H20BrN3O/c1-4-15(12-5-7-13(17)8-6-12)18-16(21)9-14-10(2)19-20-11(14)3/h5-8,15H,4,9H2,1-3H3,(H,18,21)(H,19,20)/t15-/m0/s1. The van der Waals surface area contributed by atoms with Gasteiger partial charge in [0, 0.05) is 15.7 Å². The predicted molar refractivity (Wildman–Crippen MR) is 87.1 cm³/mol. The largest absolute Gasteiger partial charge is 0.349 e. The number of nitrogens with zero attached hydrogens (tertiary/aromatic N) is 1. The molecule has 21 heavy (non-hydrogen) atoms. The smallest absolute Gasteiger partial charge is 0.225 e. The van der Waals surface area contributed by atoms with Crippen molar-refractivity contribution in [1.29, 1.82) is 0 Å². The van der Waals surface area contributed by atoms with Crippen LogP contribution in [0.25, 0.3) is 0 Å². The SMILES string of the molecule is CC[C@H](NC(=O)Cc1c(C)n[nH]c1C)c1ccc(Br)cc1. The molecule has 0 unspecified atom stereocenters. The lowest BCUT2D eigenvalue weighted by Crippen LogP contribution is -2.29. The van der Waals surface area contributed by atoms with Crippen LogP contribution in [-0.2, 0) is 11.2 Å². The number of benzene rings is 1. The molecule has 2 rings (SSSR count). The van der Waals surface area contributed by atoms with E-state index in [1.807, 2.05) is 38.1 Å². The van der Waals surface area contributed by atoms with Gasteiger partial charge in [-0.3, -0.25) is 9.89 Å². The van der Waals surface area contributed by atoms with Gasteiger partial charge in [-0.15, -0.1) is 0 Å². The average molecular weight is 350 g/mol. The van der Waals surface area contributed by atoms with E-state index in [0.717, 1.165) is 33.4 Å². The van der Waals surface area contributed by atoms with Gasteiger partial charge in [0.05, 0.1) is 18.2 Å². The Balaban J connectivity index is 2.05. The maximum absolute atomic E-state index is 12.3. The second kappa shape index (κ2) is 6.89. The van der Waals surface area contributed by atoms with Gasteiger partial charge in [0.2, 0.25) is 5.91 Å². The lowest BCUT2D eigenvalue weighted by molar-refractivity contribution is -0.121. The fourth-order valence-electron chi connectivity index (χ4n) is 2.36. The van der Waals surface area contributed by atoms with E-state index in [0.29, 0.717) is 6.42 Å². The zero-order valence-corrected chi connectivity index (χ0v) is 14.1.